The SMILES string of the molecule is CCC(N)c1cc2cc(C(C)(C)CC)ccc2o1. The Morgan fingerprint density at radius 2 is 1.94 bits per heavy atom. The summed E-state index contributed by atoms with van der Waals surface area (Å²) in [5, 5.41) is 1.16. The Bertz CT molecular complexity index is 539. The molecule has 0 aliphatic rings. The van der Waals surface area contributed by atoms with Crippen LogP contribution in [0.3, 0.4) is 0 Å². The molecule has 1 unspecified atom stereocenters. The standard InChI is InChI=1S/C16H23NO/c1-5-13(17)15-10-11-9-12(16(3,4)6-2)7-8-14(11)18-15/h7-10,13H,5-6,17H2,1-4H3. The maximum absolute atomic E-state index is 6.01. The Labute approximate surface area is 109 Å². The largest absolute Gasteiger partial charge is 0.459 e. The predicted octanol–water partition coefficient (Wildman–Crippen LogP) is 4.53. The van der Waals surface area contributed by atoms with Crippen LogP contribution in [0.25, 0.3) is 11.0 Å². The molecule has 0 spiro atoms. The molecule has 1 atom stereocenters. The Balaban J connectivity index is 2.46. The first-order valence-corrected chi connectivity index (χ1v) is 6.77. The summed E-state index contributed by atoms with van der Waals surface area (Å²) >= 11 is 0. The molecule has 2 heteroatoms. The van der Waals surface area contributed by atoms with Gasteiger partial charge in [-0.05, 0) is 42.0 Å². The minimum Gasteiger partial charge on any atom is -0.459 e. The van der Waals surface area contributed by atoms with E-state index in [0.717, 1.165) is 29.6 Å². The zero-order chi connectivity index (χ0) is 13.3. The van der Waals surface area contributed by atoms with Crippen molar-refractivity contribution < 1.29 is 4.42 Å². The van der Waals surface area contributed by atoms with Crippen molar-refractivity contribution in [3.63, 3.8) is 0 Å². The van der Waals surface area contributed by atoms with Crippen LogP contribution in [-0.2, 0) is 5.41 Å². The summed E-state index contributed by atoms with van der Waals surface area (Å²) in [7, 11) is 0. The molecule has 0 fully saturated rings. The molecule has 0 amide bonds. The number of hydrogen-bond donors (Lipinski definition) is 1. The van der Waals surface area contributed by atoms with E-state index >= 15 is 0 Å². The first-order valence-electron chi connectivity index (χ1n) is 6.77. The average Bonchev–Trinajstić information content (AvgIpc) is 2.80. The Morgan fingerprint density at radius 1 is 1.22 bits per heavy atom. The minimum absolute atomic E-state index is 0.0000327. The predicted molar refractivity (Wildman–Crippen MR) is 76.8 cm³/mol. The summed E-state index contributed by atoms with van der Waals surface area (Å²) in [5.74, 6) is 0.888. The molecule has 2 rings (SSSR count). The van der Waals surface area contributed by atoms with E-state index in [4.69, 9.17) is 10.2 Å². The van der Waals surface area contributed by atoms with E-state index in [9.17, 15) is 0 Å². The Morgan fingerprint density at radius 3 is 2.56 bits per heavy atom. The number of fused-ring (bicyclic) bond motifs is 1. The maximum atomic E-state index is 6.01. The second kappa shape index (κ2) is 4.77. The van der Waals surface area contributed by atoms with E-state index in [1.807, 2.05) is 0 Å². The molecule has 0 saturated heterocycles. The molecule has 0 radical (unpaired) electrons. The fraction of sp³-hybridized carbons (Fsp3) is 0.500. The van der Waals surface area contributed by atoms with Gasteiger partial charge in [0, 0.05) is 5.39 Å². The summed E-state index contributed by atoms with van der Waals surface area (Å²) in [6, 6.07) is 8.54. The van der Waals surface area contributed by atoms with Crippen molar-refractivity contribution in [3.05, 3.63) is 35.6 Å². The summed E-state index contributed by atoms with van der Waals surface area (Å²) in [6.45, 7) is 8.83. The van der Waals surface area contributed by atoms with E-state index in [1.165, 1.54) is 5.56 Å². The third-order valence-electron chi connectivity index (χ3n) is 4.01. The Hall–Kier alpha value is -1.28. The smallest absolute Gasteiger partial charge is 0.134 e. The van der Waals surface area contributed by atoms with Crippen molar-refractivity contribution >= 4 is 11.0 Å². The van der Waals surface area contributed by atoms with Crippen LogP contribution < -0.4 is 5.73 Å². The lowest BCUT2D eigenvalue weighted by molar-refractivity contribution is 0.487. The second-order valence-electron chi connectivity index (χ2n) is 5.65. The lowest BCUT2D eigenvalue weighted by Gasteiger charge is -2.23. The zero-order valence-electron chi connectivity index (χ0n) is 11.8. The number of nitrogens with two attached hydrogens (primary N) is 1. The number of rotatable bonds is 4. The molecule has 0 bridgehead atoms. The van der Waals surface area contributed by atoms with Gasteiger partial charge in [-0.25, -0.2) is 0 Å². The van der Waals surface area contributed by atoms with E-state index in [-0.39, 0.29) is 11.5 Å². The Kier molecular flexibility index (Phi) is 3.49. The highest BCUT2D eigenvalue weighted by molar-refractivity contribution is 5.79. The van der Waals surface area contributed by atoms with Crippen LogP contribution in [0, 0.1) is 0 Å². The maximum Gasteiger partial charge on any atom is 0.134 e. The van der Waals surface area contributed by atoms with E-state index in [1.54, 1.807) is 0 Å². The molecule has 0 saturated carbocycles. The molecule has 0 aliphatic heterocycles. The van der Waals surface area contributed by atoms with Gasteiger partial charge in [-0.2, -0.15) is 0 Å². The van der Waals surface area contributed by atoms with Gasteiger partial charge < -0.3 is 10.2 Å². The molecule has 2 N–H and O–H groups in total. The van der Waals surface area contributed by atoms with Gasteiger partial charge in [-0.3, -0.25) is 0 Å². The number of hydrogen-bond acceptors (Lipinski definition) is 2. The number of benzene rings is 1. The van der Waals surface area contributed by atoms with Gasteiger partial charge in [0.1, 0.15) is 11.3 Å². The van der Waals surface area contributed by atoms with E-state index in [2.05, 4.69) is 52.0 Å². The third kappa shape index (κ3) is 2.30. The second-order valence-corrected chi connectivity index (χ2v) is 5.65. The highest BCUT2D eigenvalue weighted by Gasteiger charge is 2.19. The van der Waals surface area contributed by atoms with Crippen LogP contribution in [0.1, 0.15) is 57.9 Å². The molecule has 1 heterocycles. The van der Waals surface area contributed by atoms with E-state index < -0.39 is 0 Å². The zero-order valence-corrected chi connectivity index (χ0v) is 11.8. The molecule has 18 heavy (non-hydrogen) atoms. The van der Waals surface area contributed by atoms with Gasteiger partial charge in [0.05, 0.1) is 6.04 Å². The van der Waals surface area contributed by atoms with Crippen molar-refractivity contribution in [2.75, 3.05) is 0 Å². The van der Waals surface area contributed by atoms with Crippen molar-refractivity contribution in [3.8, 4) is 0 Å². The van der Waals surface area contributed by atoms with Crippen LogP contribution >= 0.6 is 0 Å². The molecule has 1 aromatic carbocycles. The molecule has 1 aromatic heterocycles. The van der Waals surface area contributed by atoms with Crippen molar-refractivity contribution in [2.45, 2.75) is 52.0 Å². The monoisotopic (exact) mass is 245 g/mol. The lowest BCUT2D eigenvalue weighted by Crippen LogP contribution is -2.14. The fourth-order valence-electron chi connectivity index (χ4n) is 2.07. The average molecular weight is 245 g/mol. The highest BCUT2D eigenvalue weighted by Crippen LogP contribution is 2.31. The molecular formula is C16H23NO. The summed E-state index contributed by atoms with van der Waals surface area (Å²) in [6.07, 6.45) is 2.02. The highest BCUT2D eigenvalue weighted by atomic mass is 16.3. The van der Waals surface area contributed by atoms with Crippen molar-refractivity contribution in [1.29, 1.82) is 0 Å². The fourth-order valence-corrected chi connectivity index (χ4v) is 2.07. The van der Waals surface area contributed by atoms with Gasteiger partial charge in [-0.15, -0.1) is 0 Å². The topological polar surface area (TPSA) is 39.2 Å². The van der Waals surface area contributed by atoms with Gasteiger partial charge in [0.15, 0.2) is 0 Å². The summed E-state index contributed by atoms with van der Waals surface area (Å²) in [4.78, 5) is 0. The van der Waals surface area contributed by atoms with Crippen LogP contribution in [0.5, 0.6) is 0 Å². The first kappa shape index (κ1) is 13.2. The minimum atomic E-state index is 0.0000327. The van der Waals surface area contributed by atoms with Crippen molar-refractivity contribution in [2.24, 2.45) is 5.73 Å². The van der Waals surface area contributed by atoms with Crippen molar-refractivity contribution in [1.82, 2.24) is 0 Å². The molecule has 98 valence electrons. The molecule has 2 aromatic rings. The number of furan rings is 1. The normalized spacial score (nSPS) is 14.1. The van der Waals surface area contributed by atoms with Gasteiger partial charge in [0.2, 0.25) is 0 Å². The first-order chi connectivity index (χ1) is 8.47. The van der Waals surface area contributed by atoms with Gasteiger partial charge >= 0.3 is 0 Å². The third-order valence-corrected chi connectivity index (χ3v) is 4.01. The van der Waals surface area contributed by atoms with Crippen LogP contribution in [0.2, 0.25) is 0 Å². The van der Waals surface area contributed by atoms with E-state index in [0.29, 0.717) is 0 Å². The molecule has 2 nitrogen and oxygen atoms in total. The molecule has 0 aliphatic carbocycles. The summed E-state index contributed by atoms with van der Waals surface area (Å²) < 4.78 is 5.80. The summed E-state index contributed by atoms with van der Waals surface area (Å²) in [5.41, 5.74) is 8.51. The van der Waals surface area contributed by atoms with Gasteiger partial charge in [0.25, 0.3) is 0 Å². The molecular weight excluding hydrogens is 222 g/mol. The quantitative estimate of drug-likeness (QED) is 0.859. The van der Waals surface area contributed by atoms with Crippen LogP contribution in [-0.4, -0.2) is 0 Å². The lowest BCUT2D eigenvalue weighted by atomic mass is 9.82. The van der Waals surface area contributed by atoms with Crippen LogP contribution in [0.15, 0.2) is 28.7 Å². The van der Waals surface area contributed by atoms with Gasteiger partial charge in [-0.1, -0.05) is 33.8 Å². The van der Waals surface area contributed by atoms with Crippen LogP contribution in [0.4, 0.5) is 0 Å².